The number of rotatable bonds is 6. The molecule has 2 N–H and O–H groups in total. The third-order valence-electron chi connectivity index (χ3n) is 5.07. The monoisotopic (exact) mass is 335 g/mol. The molecule has 0 amide bonds. The molecule has 7 nitrogen and oxygen atoms in total. The fraction of sp³-hybridized carbons (Fsp3) is 0.647. The van der Waals surface area contributed by atoms with Crippen LogP contribution in [0.4, 0.5) is 5.69 Å². The van der Waals surface area contributed by atoms with Gasteiger partial charge in [0.2, 0.25) is 0 Å². The van der Waals surface area contributed by atoms with Crippen LogP contribution in [0.3, 0.4) is 0 Å². The molecule has 1 aromatic rings. The molecule has 1 aromatic carbocycles. The summed E-state index contributed by atoms with van der Waals surface area (Å²) >= 11 is 0. The Morgan fingerprint density at radius 1 is 1.46 bits per heavy atom. The molecule has 0 radical (unpaired) electrons. The van der Waals surface area contributed by atoms with Gasteiger partial charge in [-0.3, -0.25) is 10.1 Å². The standard InChI is InChI=1S/C17H25N3O4/c1-23-17-6-5-13(20(21)22)9-12(17)10-19-15-4-2-3-14(15)16-11-24-8-7-18-16/h5-6,9,14-16,18-19H,2-4,7-8,10-11H2,1H3. The number of methoxy groups -OCH3 is 1. The minimum Gasteiger partial charge on any atom is -0.496 e. The lowest BCUT2D eigenvalue weighted by Crippen LogP contribution is -2.50. The summed E-state index contributed by atoms with van der Waals surface area (Å²) in [6.45, 7) is 3.03. The SMILES string of the molecule is COc1ccc([N+](=O)[O-])cc1CNC1CCCC1C1COCCN1. The first-order valence-corrected chi connectivity index (χ1v) is 8.55. The smallest absolute Gasteiger partial charge is 0.270 e. The highest BCUT2D eigenvalue weighted by atomic mass is 16.6. The molecule has 3 atom stereocenters. The van der Waals surface area contributed by atoms with E-state index in [2.05, 4.69) is 10.6 Å². The van der Waals surface area contributed by atoms with Crippen LogP contribution in [-0.4, -0.2) is 43.9 Å². The number of hydrogen-bond acceptors (Lipinski definition) is 6. The molecule has 132 valence electrons. The van der Waals surface area contributed by atoms with E-state index in [1.54, 1.807) is 19.2 Å². The molecule has 0 spiro atoms. The third kappa shape index (κ3) is 3.85. The van der Waals surface area contributed by atoms with Crippen LogP contribution in [0.15, 0.2) is 18.2 Å². The summed E-state index contributed by atoms with van der Waals surface area (Å²) in [5, 5.41) is 18.1. The fourth-order valence-electron chi connectivity index (χ4n) is 3.84. The van der Waals surface area contributed by atoms with Crippen LogP contribution in [0.25, 0.3) is 0 Å². The maximum absolute atomic E-state index is 11.0. The molecule has 0 aromatic heterocycles. The number of nitro benzene ring substituents is 1. The van der Waals surface area contributed by atoms with Crippen molar-refractivity contribution in [2.45, 2.75) is 37.9 Å². The molecular weight excluding hydrogens is 310 g/mol. The summed E-state index contributed by atoms with van der Waals surface area (Å²) in [6.07, 6.45) is 3.51. The molecule has 2 aliphatic rings. The van der Waals surface area contributed by atoms with E-state index in [4.69, 9.17) is 9.47 Å². The normalized spacial score (nSPS) is 27.1. The van der Waals surface area contributed by atoms with Crippen molar-refractivity contribution in [3.05, 3.63) is 33.9 Å². The number of nitro groups is 1. The van der Waals surface area contributed by atoms with E-state index < -0.39 is 0 Å². The second-order valence-electron chi connectivity index (χ2n) is 6.47. The van der Waals surface area contributed by atoms with Gasteiger partial charge in [-0.15, -0.1) is 0 Å². The number of hydrogen-bond donors (Lipinski definition) is 2. The number of nitrogens with one attached hydrogen (secondary N) is 2. The van der Waals surface area contributed by atoms with Crippen LogP contribution >= 0.6 is 0 Å². The van der Waals surface area contributed by atoms with Crippen LogP contribution in [0, 0.1) is 16.0 Å². The van der Waals surface area contributed by atoms with E-state index in [1.807, 2.05) is 0 Å². The molecular formula is C17H25N3O4. The Kier molecular flexibility index (Phi) is 5.65. The first-order valence-electron chi connectivity index (χ1n) is 8.55. The molecule has 24 heavy (non-hydrogen) atoms. The Morgan fingerprint density at radius 2 is 2.33 bits per heavy atom. The van der Waals surface area contributed by atoms with Gasteiger partial charge in [-0.05, 0) is 24.8 Å². The second-order valence-corrected chi connectivity index (χ2v) is 6.47. The topological polar surface area (TPSA) is 85.7 Å². The highest BCUT2D eigenvalue weighted by molar-refractivity contribution is 5.43. The highest BCUT2D eigenvalue weighted by Crippen LogP contribution is 2.31. The minimum atomic E-state index is -0.370. The summed E-state index contributed by atoms with van der Waals surface area (Å²) in [4.78, 5) is 10.6. The molecule has 3 unspecified atom stereocenters. The largest absolute Gasteiger partial charge is 0.496 e. The lowest BCUT2D eigenvalue weighted by molar-refractivity contribution is -0.384. The van der Waals surface area contributed by atoms with Gasteiger partial charge in [-0.1, -0.05) is 6.42 Å². The van der Waals surface area contributed by atoms with Gasteiger partial charge in [0.1, 0.15) is 5.75 Å². The van der Waals surface area contributed by atoms with Crippen LogP contribution in [-0.2, 0) is 11.3 Å². The van der Waals surface area contributed by atoms with Gasteiger partial charge in [0.05, 0.1) is 25.2 Å². The summed E-state index contributed by atoms with van der Waals surface area (Å²) in [5.41, 5.74) is 0.920. The zero-order valence-corrected chi connectivity index (χ0v) is 14.0. The zero-order valence-electron chi connectivity index (χ0n) is 14.0. The maximum Gasteiger partial charge on any atom is 0.270 e. The quantitative estimate of drug-likeness (QED) is 0.609. The number of benzene rings is 1. The van der Waals surface area contributed by atoms with Crippen molar-refractivity contribution in [2.75, 3.05) is 26.9 Å². The Labute approximate surface area is 141 Å². The Hall–Kier alpha value is -1.70. The average molecular weight is 335 g/mol. The van der Waals surface area contributed by atoms with E-state index in [0.29, 0.717) is 30.3 Å². The predicted molar refractivity (Wildman–Crippen MR) is 90.2 cm³/mol. The summed E-state index contributed by atoms with van der Waals surface area (Å²) in [5.74, 6) is 1.22. The molecule has 0 bridgehead atoms. The number of morpholine rings is 1. The second kappa shape index (κ2) is 7.92. The van der Waals surface area contributed by atoms with Gasteiger partial charge in [0.25, 0.3) is 5.69 Å². The van der Waals surface area contributed by atoms with E-state index >= 15 is 0 Å². The van der Waals surface area contributed by atoms with Crippen molar-refractivity contribution in [3.8, 4) is 5.75 Å². The number of non-ortho nitro benzene ring substituents is 1. The van der Waals surface area contributed by atoms with E-state index in [1.165, 1.54) is 18.9 Å². The summed E-state index contributed by atoms with van der Waals surface area (Å²) in [7, 11) is 1.59. The Morgan fingerprint density at radius 3 is 3.04 bits per heavy atom. The van der Waals surface area contributed by atoms with E-state index in [0.717, 1.165) is 31.7 Å². The van der Waals surface area contributed by atoms with Gasteiger partial charge < -0.3 is 20.1 Å². The fourth-order valence-corrected chi connectivity index (χ4v) is 3.84. The lowest BCUT2D eigenvalue weighted by atomic mass is 9.94. The molecule has 1 aliphatic carbocycles. The van der Waals surface area contributed by atoms with Crippen molar-refractivity contribution >= 4 is 5.69 Å². The minimum absolute atomic E-state index is 0.0953. The Bertz CT molecular complexity index is 575. The van der Waals surface area contributed by atoms with Crippen LogP contribution < -0.4 is 15.4 Å². The molecule has 1 heterocycles. The number of nitrogens with zero attached hydrogens (tertiary/aromatic N) is 1. The summed E-state index contributed by atoms with van der Waals surface area (Å²) in [6, 6.07) is 5.53. The number of ether oxygens (including phenoxy) is 2. The van der Waals surface area contributed by atoms with Crippen molar-refractivity contribution in [3.63, 3.8) is 0 Å². The predicted octanol–water partition coefficient (Wildman–Crippen LogP) is 1.85. The first-order chi connectivity index (χ1) is 11.7. The summed E-state index contributed by atoms with van der Waals surface area (Å²) < 4.78 is 10.9. The lowest BCUT2D eigenvalue weighted by Gasteiger charge is -2.33. The van der Waals surface area contributed by atoms with Gasteiger partial charge >= 0.3 is 0 Å². The van der Waals surface area contributed by atoms with Crippen molar-refractivity contribution in [1.82, 2.24) is 10.6 Å². The zero-order chi connectivity index (χ0) is 16.9. The van der Waals surface area contributed by atoms with Gasteiger partial charge in [-0.2, -0.15) is 0 Å². The molecule has 2 fully saturated rings. The van der Waals surface area contributed by atoms with Crippen molar-refractivity contribution < 1.29 is 14.4 Å². The van der Waals surface area contributed by atoms with Gasteiger partial charge in [-0.25, -0.2) is 0 Å². The average Bonchev–Trinajstić information content (AvgIpc) is 3.09. The van der Waals surface area contributed by atoms with Gasteiger partial charge in [0, 0.05) is 42.9 Å². The molecule has 1 saturated carbocycles. The molecule has 1 saturated heterocycles. The first kappa shape index (κ1) is 17.1. The van der Waals surface area contributed by atoms with Crippen LogP contribution in [0.5, 0.6) is 5.75 Å². The van der Waals surface area contributed by atoms with E-state index in [9.17, 15) is 10.1 Å². The van der Waals surface area contributed by atoms with Crippen molar-refractivity contribution in [1.29, 1.82) is 0 Å². The molecule has 7 heteroatoms. The van der Waals surface area contributed by atoms with Gasteiger partial charge in [0.15, 0.2) is 0 Å². The van der Waals surface area contributed by atoms with E-state index in [-0.39, 0.29) is 10.6 Å². The molecule has 3 rings (SSSR count). The maximum atomic E-state index is 11.0. The van der Waals surface area contributed by atoms with Crippen LogP contribution in [0.2, 0.25) is 0 Å². The third-order valence-corrected chi connectivity index (χ3v) is 5.07. The van der Waals surface area contributed by atoms with Crippen molar-refractivity contribution in [2.24, 2.45) is 5.92 Å². The highest BCUT2D eigenvalue weighted by Gasteiger charge is 2.34. The molecule has 1 aliphatic heterocycles. The Balaban J connectivity index is 1.65. The van der Waals surface area contributed by atoms with Crippen LogP contribution in [0.1, 0.15) is 24.8 Å².